The van der Waals surface area contributed by atoms with Crippen LogP contribution in [-0.4, -0.2) is 4.57 Å². The Bertz CT molecular complexity index is 622. The van der Waals surface area contributed by atoms with E-state index in [1.54, 1.807) is 0 Å². The van der Waals surface area contributed by atoms with E-state index in [-0.39, 0.29) is 12.4 Å². The van der Waals surface area contributed by atoms with Crippen molar-refractivity contribution >= 4 is 0 Å². The van der Waals surface area contributed by atoms with Gasteiger partial charge in [-0.15, -0.1) is 0 Å². The molecule has 3 aromatic rings. The number of aromatic nitrogens is 2. The van der Waals surface area contributed by atoms with Crippen LogP contribution in [0.4, 0.5) is 0 Å². The second kappa shape index (κ2) is 5.93. The van der Waals surface area contributed by atoms with Gasteiger partial charge in [0, 0.05) is 0 Å². The first kappa shape index (κ1) is 14.4. The summed E-state index contributed by atoms with van der Waals surface area (Å²) in [7, 11) is 0. The average molecular weight is 285 g/mol. The van der Waals surface area contributed by atoms with E-state index in [0.29, 0.717) is 0 Å². The van der Waals surface area contributed by atoms with Gasteiger partial charge in [-0.05, 0) is 38.1 Å². The van der Waals surface area contributed by atoms with E-state index in [1.165, 1.54) is 22.5 Å². The lowest BCUT2D eigenvalue weighted by molar-refractivity contribution is -0.594. The smallest absolute Gasteiger partial charge is 0.254 e. The third kappa shape index (κ3) is 2.91. The first-order valence-electron chi connectivity index (χ1n) is 6.46. The first-order chi connectivity index (χ1) is 9.22. The SMILES string of the molecule is Cc1ccc(-n2cc[n+](-c3ccc(C)cc3)c2)cc1.[Cl-]. The predicted octanol–water partition coefficient (Wildman–Crippen LogP) is 0.375. The Morgan fingerprint density at radius 3 is 1.95 bits per heavy atom. The standard InChI is InChI=1S/C17H17N2.ClH/c1-14-3-7-16(8-4-14)18-11-12-19(13-18)17-9-5-15(2)6-10-17;/h3-13H,1-2H3;1H/q+1;/p-1. The Kier molecular flexibility index (Phi) is 4.26. The van der Waals surface area contributed by atoms with Crippen molar-refractivity contribution < 1.29 is 17.0 Å². The zero-order valence-electron chi connectivity index (χ0n) is 11.6. The molecule has 0 aliphatic heterocycles. The van der Waals surface area contributed by atoms with Crippen molar-refractivity contribution in [3.63, 3.8) is 0 Å². The van der Waals surface area contributed by atoms with Gasteiger partial charge in [0.1, 0.15) is 23.8 Å². The third-order valence-corrected chi connectivity index (χ3v) is 3.30. The summed E-state index contributed by atoms with van der Waals surface area (Å²) in [6.45, 7) is 4.21. The fourth-order valence-corrected chi connectivity index (χ4v) is 2.09. The minimum absolute atomic E-state index is 0. The van der Waals surface area contributed by atoms with Gasteiger partial charge in [-0.3, -0.25) is 0 Å². The number of aryl methyl sites for hydroxylation is 2. The zero-order valence-corrected chi connectivity index (χ0v) is 12.4. The van der Waals surface area contributed by atoms with Crippen LogP contribution in [0.25, 0.3) is 11.4 Å². The highest BCUT2D eigenvalue weighted by atomic mass is 35.5. The van der Waals surface area contributed by atoms with Gasteiger partial charge in [0.05, 0.1) is 0 Å². The Labute approximate surface area is 125 Å². The van der Waals surface area contributed by atoms with Gasteiger partial charge in [0.25, 0.3) is 6.33 Å². The van der Waals surface area contributed by atoms with E-state index in [4.69, 9.17) is 0 Å². The van der Waals surface area contributed by atoms with Crippen molar-refractivity contribution in [2.75, 3.05) is 0 Å². The normalized spacial score (nSPS) is 10.1. The Morgan fingerprint density at radius 2 is 1.35 bits per heavy atom. The molecule has 0 aliphatic rings. The lowest BCUT2D eigenvalue weighted by Gasteiger charge is -1.97. The molecule has 0 spiro atoms. The lowest BCUT2D eigenvalue weighted by atomic mass is 10.2. The van der Waals surface area contributed by atoms with Crippen LogP contribution < -0.4 is 17.0 Å². The number of hydrogen-bond donors (Lipinski definition) is 0. The van der Waals surface area contributed by atoms with Crippen LogP contribution in [0.5, 0.6) is 0 Å². The van der Waals surface area contributed by atoms with Gasteiger partial charge < -0.3 is 12.4 Å². The highest BCUT2D eigenvalue weighted by Gasteiger charge is 2.07. The van der Waals surface area contributed by atoms with Crippen molar-refractivity contribution in [1.82, 2.24) is 4.57 Å². The summed E-state index contributed by atoms with van der Waals surface area (Å²) in [5.41, 5.74) is 4.91. The molecule has 102 valence electrons. The van der Waals surface area contributed by atoms with Crippen LogP contribution in [-0.2, 0) is 0 Å². The molecule has 2 nitrogen and oxygen atoms in total. The van der Waals surface area contributed by atoms with Crippen LogP contribution in [0.2, 0.25) is 0 Å². The van der Waals surface area contributed by atoms with Gasteiger partial charge in [0.15, 0.2) is 0 Å². The van der Waals surface area contributed by atoms with E-state index >= 15 is 0 Å². The minimum atomic E-state index is 0. The molecule has 0 atom stereocenters. The fraction of sp³-hybridized carbons (Fsp3) is 0.118. The molecular formula is C17H17ClN2. The number of imidazole rings is 1. The molecule has 0 unspecified atom stereocenters. The maximum atomic E-state index is 2.13. The molecule has 0 fully saturated rings. The maximum absolute atomic E-state index is 2.13. The van der Waals surface area contributed by atoms with E-state index in [9.17, 15) is 0 Å². The largest absolute Gasteiger partial charge is 1.00 e. The van der Waals surface area contributed by atoms with E-state index in [0.717, 1.165) is 0 Å². The van der Waals surface area contributed by atoms with Crippen molar-refractivity contribution in [3.8, 4) is 11.4 Å². The summed E-state index contributed by atoms with van der Waals surface area (Å²) in [6, 6.07) is 17.1. The number of hydrogen-bond acceptors (Lipinski definition) is 0. The highest BCUT2D eigenvalue weighted by molar-refractivity contribution is 5.34. The maximum Gasteiger partial charge on any atom is 0.254 e. The Morgan fingerprint density at radius 1 is 0.800 bits per heavy atom. The summed E-state index contributed by atoms with van der Waals surface area (Å²) in [5, 5.41) is 0. The minimum Gasteiger partial charge on any atom is -1.00 e. The topological polar surface area (TPSA) is 8.81 Å². The van der Waals surface area contributed by atoms with Crippen molar-refractivity contribution in [2.24, 2.45) is 0 Å². The van der Waals surface area contributed by atoms with Gasteiger partial charge in [0.2, 0.25) is 0 Å². The molecule has 3 heteroatoms. The number of halogens is 1. The van der Waals surface area contributed by atoms with Crippen molar-refractivity contribution in [1.29, 1.82) is 0 Å². The second-order valence-electron chi connectivity index (χ2n) is 4.90. The molecule has 2 aromatic carbocycles. The van der Waals surface area contributed by atoms with Crippen LogP contribution >= 0.6 is 0 Å². The molecule has 0 amide bonds. The summed E-state index contributed by atoms with van der Waals surface area (Å²) in [5.74, 6) is 0. The molecule has 0 bridgehead atoms. The first-order valence-corrected chi connectivity index (χ1v) is 6.46. The van der Waals surface area contributed by atoms with E-state index < -0.39 is 0 Å². The fourth-order valence-electron chi connectivity index (χ4n) is 2.09. The zero-order chi connectivity index (χ0) is 13.2. The number of benzene rings is 2. The van der Waals surface area contributed by atoms with Crippen molar-refractivity contribution in [3.05, 3.63) is 78.4 Å². The van der Waals surface area contributed by atoms with Gasteiger partial charge in [-0.25, -0.2) is 9.13 Å². The van der Waals surface area contributed by atoms with E-state index in [1.807, 2.05) is 0 Å². The Hall–Kier alpha value is -2.06. The third-order valence-electron chi connectivity index (χ3n) is 3.30. The molecule has 0 saturated heterocycles. The van der Waals surface area contributed by atoms with Crippen LogP contribution in [0.1, 0.15) is 11.1 Å². The molecule has 3 rings (SSSR count). The molecule has 1 heterocycles. The molecule has 0 saturated carbocycles. The van der Waals surface area contributed by atoms with Gasteiger partial charge in [-0.1, -0.05) is 35.4 Å². The second-order valence-corrected chi connectivity index (χ2v) is 4.90. The summed E-state index contributed by atoms with van der Waals surface area (Å²) in [6.07, 6.45) is 6.24. The van der Waals surface area contributed by atoms with Gasteiger partial charge in [-0.2, -0.15) is 0 Å². The molecule has 1 aromatic heterocycles. The molecule has 0 aliphatic carbocycles. The van der Waals surface area contributed by atoms with Gasteiger partial charge >= 0.3 is 0 Å². The molecular weight excluding hydrogens is 268 g/mol. The Balaban J connectivity index is 0.00000147. The van der Waals surface area contributed by atoms with Crippen LogP contribution in [0.3, 0.4) is 0 Å². The average Bonchev–Trinajstić information content (AvgIpc) is 2.90. The van der Waals surface area contributed by atoms with E-state index in [2.05, 4.69) is 90.2 Å². The summed E-state index contributed by atoms with van der Waals surface area (Å²) >= 11 is 0. The van der Waals surface area contributed by atoms with Crippen molar-refractivity contribution in [2.45, 2.75) is 13.8 Å². The monoisotopic (exact) mass is 284 g/mol. The van der Waals surface area contributed by atoms with Crippen LogP contribution in [0, 0.1) is 13.8 Å². The quantitative estimate of drug-likeness (QED) is 0.602. The molecule has 0 radical (unpaired) electrons. The highest BCUT2D eigenvalue weighted by Crippen LogP contribution is 2.09. The number of rotatable bonds is 2. The number of nitrogens with zero attached hydrogens (tertiary/aromatic N) is 2. The summed E-state index contributed by atoms with van der Waals surface area (Å²) in [4.78, 5) is 0. The predicted molar refractivity (Wildman–Crippen MR) is 76.8 cm³/mol. The summed E-state index contributed by atoms with van der Waals surface area (Å²) < 4.78 is 4.25. The van der Waals surface area contributed by atoms with Crippen LogP contribution in [0.15, 0.2) is 67.3 Å². The molecule has 20 heavy (non-hydrogen) atoms. The molecule has 0 N–H and O–H groups in total. The lowest BCUT2D eigenvalue weighted by Crippen LogP contribution is -3.00.